The lowest BCUT2D eigenvalue weighted by molar-refractivity contribution is -0.118. The molecule has 1 aromatic carbocycles. The lowest BCUT2D eigenvalue weighted by atomic mass is 10.00. The maximum absolute atomic E-state index is 13.7. The number of aromatic nitrogens is 1. The van der Waals surface area contributed by atoms with Gasteiger partial charge in [-0.2, -0.15) is 0 Å². The first kappa shape index (κ1) is 22.7. The first-order chi connectivity index (χ1) is 15.9. The molecule has 0 spiro atoms. The van der Waals surface area contributed by atoms with Crippen molar-refractivity contribution in [2.45, 2.75) is 39.2 Å². The number of pyridine rings is 1. The Morgan fingerprint density at radius 2 is 1.97 bits per heavy atom. The molecule has 1 aromatic heterocycles. The van der Waals surface area contributed by atoms with E-state index in [1.165, 1.54) is 0 Å². The number of aliphatic hydroxyl groups excluding tert-OH is 1. The van der Waals surface area contributed by atoms with Gasteiger partial charge >= 0.3 is 0 Å². The van der Waals surface area contributed by atoms with Crippen LogP contribution in [0.1, 0.15) is 33.1 Å². The molecule has 7 nitrogen and oxygen atoms in total. The normalized spacial score (nSPS) is 18.1. The molecular formula is C26H29N3O4. The molecule has 2 aliphatic rings. The number of allylic oxidation sites excluding steroid dienone is 1. The summed E-state index contributed by atoms with van der Waals surface area (Å²) < 4.78 is 5.26. The van der Waals surface area contributed by atoms with Gasteiger partial charge in [-0.1, -0.05) is 12.1 Å². The van der Waals surface area contributed by atoms with Gasteiger partial charge in [-0.25, -0.2) is 4.98 Å². The summed E-state index contributed by atoms with van der Waals surface area (Å²) in [6.07, 6.45) is 7.91. The number of hydrogen-bond acceptors (Lipinski definition) is 5. The van der Waals surface area contributed by atoms with E-state index in [1.807, 2.05) is 49.4 Å². The monoisotopic (exact) mass is 447 g/mol. The molecule has 0 radical (unpaired) electrons. The summed E-state index contributed by atoms with van der Waals surface area (Å²) in [6, 6.07) is 9.33. The molecule has 0 saturated heterocycles. The van der Waals surface area contributed by atoms with Gasteiger partial charge in [-0.3, -0.25) is 9.59 Å². The molecule has 2 heterocycles. The van der Waals surface area contributed by atoms with Crippen molar-refractivity contribution in [3.63, 3.8) is 0 Å². The Bertz CT molecular complexity index is 1140. The Morgan fingerprint density at radius 1 is 1.18 bits per heavy atom. The number of fused-ring (bicyclic) bond motifs is 1. The molecule has 33 heavy (non-hydrogen) atoms. The van der Waals surface area contributed by atoms with Crippen molar-refractivity contribution in [2.24, 2.45) is 0 Å². The summed E-state index contributed by atoms with van der Waals surface area (Å²) in [5.41, 5.74) is 4.64. The van der Waals surface area contributed by atoms with Gasteiger partial charge in [0.05, 0.1) is 31.1 Å². The molecule has 1 aliphatic carbocycles. The second kappa shape index (κ2) is 9.58. The van der Waals surface area contributed by atoms with Crippen LogP contribution in [0.25, 0.3) is 11.1 Å². The highest BCUT2D eigenvalue weighted by molar-refractivity contribution is 6.12. The number of aliphatic hydroxyl groups is 1. The highest BCUT2D eigenvalue weighted by Gasteiger charge is 2.34. The highest BCUT2D eigenvalue weighted by Crippen LogP contribution is 2.40. The van der Waals surface area contributed by atoms with Crippen molar-refractivity contribution in [1.82, 2.24) is 4.98 Å². The fourth-order valence-corrected chi connectivity index (χ4v) is 4.54. The molecule has 0 bridgehead atoms. The first-order valence-electron chi connectivity index (χ1n) is 11.2. The minimum absolute atomic E-state index is 0.0518. The van der Waals surface area contributed by atoms with Gasteiger partial charge in [0.1, 0.15) is 0 Å². The van der Waals surface area contributed by atoms with Crippen LogP contribution in [0.15, 0.2) is 59.8 Å². The number of anilines is 2. The molecule has 0 saturated carbocycles. The maximum atomic E-state index is 13.7. The number of hydrogen-bond donors (Lipinski definition) is 1. The van der Waals surface area contributed by atoms with Crippen LogP contribution < -0.4 is 14.5 Å². The van der Waals surface area contributed by atoms with Crippen LogP contribution in [-0.4, -0.2) is 48.2 Å². The topological polar surface area (TPSA) is 83.0 Å². The van der Waals surface area contributed by atoms with Crippen LogP contribution in [0.2, 0.25) is 0 Å². The SMILES string of the molecule is COc1cc(-c2ccc3c(c2)N(C(=O)C2=CCCCC(CO)=C2)C[C@H](C)N3C(C)=O)ccn1. The fourth-order valence-electron chi connectivity index (χ4n) is 4.54. The second-order valence-corrected chi connectivity index (χ2v) is 8.46. The zero-order chi connectivity index (χ0) is 23.5. The lowest BCUT2D eigenvalue weighted by Crippen LogP contribution is -2.51. The van der Waals surface area contributed by atoms with E-state index in [2.05, 4.69) is 4.98 Å². The summed E-state index contributed by atoms with van der Waals surface area (Å²) >= 11 is 0. The van der Waals surface area contributed by atoms with Gasteiger partial charge in [0.15, 0.2) is 0 Å². The van der Waals surface area contributed by atoms with Crippen molar-refractivity contribution in [2.75, 3.05) is 30.1 Å². The van der Waals surface area contributed by atoms with E-state index in [9.17, 15) is 14.7 Å². The zero-order valence-electron chi connectivity index (χ0n) is 19.2. The van der Waals surface area contributed by atoms with E-state index in [0.717, 1.165) is 36.0 Å². The molecule has 7 heteroatoms. The van der Waals surface area contributed by atoms with E-state index in [0.29, 0.717) is 29.4 Å². The molecule has 1 atom stereocenters. The molecule has 172 valence electrons. The molecule has 0 unspecified atom stereocenters. The van der Waals surface area contributed by atoms with Crippen LogP contribution >= 0.6 is 0 Å². The Hall–Kier alpha value is -3.45. The first-order valence-corrected chi connectivity index (χ1v) is 11.2. The van der Waals surface area contributed by atoms with Gasteiger partial charge in [-0.15, -0.1) is 0 Å². The van der Waals surface area contributed by atoms with E-state index in [1.54, 1.807) is 30.0 Å². The molecule has 2 aromatic rings. The van der Waals surface area contributed by atoms with Gasteiger partial charge in [0, 0.05) is 31.3 Å². The third kappa shape index (κ3) is 4.54. The smallest absolute Gasteiger partial charge is 0.258 e. The standard InChI is InChI=1S/C26H29N3O4/c1-17-15-28(26(32)22-7-5-4-6-19(12-22)16-30)24-13-20(8-9-23(24)29(17)18(2)31)21-10-11-27-25(14-21)33-3/h7-14,17,30H,4-6,15-16H2,1-3H3/t17-/m0/s1. The van der Waals surface area contributed by atoms with Crippen LogP contribution in [0.4, 0.5) is 11.4 Å². The van der Waals surface area contributed by atoms with Gasteiger partial charge in [0.25, 0.3) is 5.91 Å². The Morgan fingerprint density at radius 3 is 2.70 bits per heavy atom. The second-order valence-electron chi connectivity index (χ2n) is 8.46. The van der Waals surface area contributed by atoms with Crippen molar-refractivity contribution in [1.29, 1.82) is 0 Å². The average Bonchev–Trinajstić information content (AvgIpc) is 3.08. The summed E-state index contributed by atoms with van der Waals surface area (Å²) in [4.78, 5) is 33.8. The van der Waals surface area contributed by atoms with Crippen LogP contribution in [0.3, 0.4) is 0 Å². The number of rotatable bonds is 4. The van der Waals surface area contributed by atoms with E-state index < -0.39 is 0 Å². The molecular weight excluding hydrogens is 418 g/mol. The molecule has 2 amide bonds. The third-order valence-corrected chi connectivity index (χ3v) is 6.15. The van der Waals surface area contributed by atoms with E-state index in [4.69, 9.17) is 4.74 Å². The summed E-state index contributed by atoms with van der Waals surface area (Å²) in [5.74, 6) is 0.316. The minimum atomic E-state index is -0.168. The van der Waals surface area contributed by atoms with Gasteiger partial charge < -0.3 is 19.6 Å². The van der Waals surface area contributed by atoms with Crippen molar-refractivity contribution < 1.29 is 19.4 Å². The Labute approximate surface area is 194 Å². The van der Waals surface area contributed by atoms with Crippen molar-refractivity contribution in [3.8, 4) is 17.0 Å². The Kier molecular flexibility index (Phi) is 6.60. The zero-order valence-corrected chi connectivity index (χ0v) is 19.2. The lowest BCUT2D eigenvalue weighted by Gasteiger charge is -2.41. The number of methoxy groups -OCH3 is 1. The van der Waals surface area contributed by atoms with Crippen molar-refractivity contribution >= 4 is 23.2 Å². The predicted molar refractivity (Wildman–Crippen MR) is 128 cm³/mol. The quantitative estimate of drug-likeness (QED) is 0.769. The number of carbonyl (C=O) groups is 2. The number of ether oxygens (including phenoxy) is 1. The fraction of sp³-hybridized carbons (Fsp3) is 0.346. The largest absolute Gasteiger partial charge is 0.481 e. The minimum Gasteiger partial charge on any atom is -0.481 e. The average molecular weight is 448 g/mol. The molecule has 1 aliphatic heterocycles. The highest BCUT2D eigenvalue weighted by atomic mass is 16.5. The Balaban J connectivity index is 1.81. The van der Waals surface area contributed by atoms with Gasteiger partial charge in [0.2, 0.25) is 11.8 Å². The number of nitrogens with zero attached hydrogens (tertiary/aromatic N) is 3. The van der Waals surface area contributed by atoms with Crippen LogP contribution in [0.5, 0.6) is 5.88 Å². The summed E-state index contributed by atoms with van der Waals surface area (Å²) in [5, 5.41) is 9.65. The number of benzene rings is 1. The molecule has 1 N–H and O–H groups in total. The molecule has 4 rings (SSSR count). The van der Waals surface area contributed by atoms with Crippen molar-refractivity contribution in [3.05, 3.63) is 59.8 Å². The third-order valence-electron chi connectivity index (χ3n) is 6.15. The summed E-state index contributed by atoms with van der Waals surface area (Å²) in [6.45, 7) is 3.82. The maximum Gasteiger partial charge on any atom is 0.258 e. The van der Waals surface area contributed by atoms with Gasteiger partial charge in [-0.05, 0) is 67.2 Å². The van der Waals surface area contributed by atoms with E-state index >= 15 is 0 Å². The predicted octanol–water partition coefficient (Wildman–Crippen LogP) is 3.87. The van der Waals surface area contributed by atoms with Crippen LogP contribution in [0, 0.1) is 0 Å². The van der Waals surface area contributed by atoms with Crippen LogP contribution in [-0.2, 0) is 9.59 Å². The van der Waals surface area contributed by atoms with E-state index in [-0.39, 0.29) is 24.5 Å². The molecule has 0 fully saturated rings. The number of carbonyl (C=O) groups excluding carboxylic acids is 2. The summed E-state index contributed by atoms with van der Waals surface area (Å²) in [7, 11) is 1.57. The number of amides is 2.